The Kier molecular flexibility index (Phi) is 5.71. The summed E-state index contributed by atoms with van der Waals surface area (Å²) in [6, 6.07) is 8.90. The summed E-state index contributed by atoms with van der Waals surface area (Å²) in [5.74, 6) is 0.149. The number of morpholine rings is 1. The molecule has 0 spiro atoms. The van der Waals surface area contributed by atoms with Gasteiger partial charge in [-0.15, -0.1) is 0 Å². The number of furan rings is 1. The Labute approximate surface area is 190 Å². The molecule has 2 fully saturated rings. The molecule has 2 saturated heterocycles. The minimum atomic E-state index is -0.123. The fraction of sp³-hybridized carbons (Fsp3) is 0.348. The Bertz CT molecular complexity index is 1140. The molecule has 0 saturated carbocycles. The number of anilines is 1. The number of ether oxygens (including phenoxy) is 1. The lowest BCUT2D eigenvalue weighted by Gasteiger charge is -2.37. The van der Waals surface area contributed by atoms with Crippen LogP contribution in [0.3, 0.4) is 0 Å². The number of rotatable bonds is 3. The van der Waals surface area contributed by atoms with Crippen molar-refractivity contribution in [3.05, 3.63) is 59.1 Å². The number of amides is 2. The summed E-state index contributed by atoms with van der Waals surface area (Å²) < 4.78 is 10.7. The van der Waals surface area contributed by atoms with Crippen LogP contribution in [0.2, 0.25) is 5.02 Å². The molecule has 0 unspecified atom stereocenters. The molecule has 4 heterocycles. The summed E-state index contributed by atoms with van der Waals surface area (Å²) in [5, 5.41) is 1.42. The lowest BCUT2D eigenvalue weighted by molar-refractivity contribution is 0.0303. The highest BCUT2D eigenvalue weighted by atomic mass is 35.5. The van der Waals surface area contributed by atoms with E-state index < -0.39 is 0 Å². The van der Waals surface area contributed by atoms with E-state index in [1.165, 1.54) is 6.26 Å². The average molecular weight is 455 g/mol. The van der Waals surface area contributed by atoms with E-state index in [1.54, 1.807) is 34.2 Å². The zero-order chi connectivity index (χ0) is 22.1. The third kappa shape index (κ3) is 3.91. The zero-order valence-electron chi connectivity index (χ0n) is 17.5. The van der Waals surface area contributed by atoms with E-state index in [1.807, 2.05) is 12.1 Å². The van der Waals surface area contributed by atoms with Crippen LogP contribution >= 0.6 is 11.6 Å². The zero-order valence-corrected chi connectivity index (χ0v) is 18.3. The summed E-state index contributed by atoms with van der Waals surface area (Å²) in [6.45, 7) is 4.38. The highest BCUT2D eigenvalue weighted by Crippen LogP contribution is 2.33. The molecular weight excluding hydrogens is 432 g/mol. The van der Waals surface area contributed by atoms with Crippen LogP contribution in [0.5, 0.6) is 0 Å². The van der Waals surface area contributed by atoms with Crippen molar-refractivity contribution in [3.8, 4) is 0 Å². The minimum absolute atomic E-state index is 0.0632. The van der Waals surface area contributed by atoms with Crippen molar-refractivity contribution in [3.63, 3.8) is 0 Å². The number of halogens is 1. The number of hydrogen-bond acceptors (Lipinski definition) is 6. The Balaban J connectivity index is 1.47. The number of benzene rings is 1. The van der Waals surface area contributed by atoms with E-state index in [0.29, 0.717) is 68.8 Å². The van der Waals surface area contributed by atoms with Crippen molar-refractivity contribution in [2.24, 2.45) is 0 Å². The number of piperazine rings is 1. The van der Waals surface area contributed by atoms with Gasteiger partial charge in [-0.2, -0.15) is 0 Å². The number of nitrogens with zero attached hydrogens (tertiary/aromatic N) is 4. The molecule has 5 rings (SSSR count). The van der Waals surface area contributed by atoms with Crippen LogP contribution < -0.4 is 4.90 Å². The predicted molar refractivity (Wildman–Crippen MR) is 120 cm³/mol. The van der Waals surface area contributed by atoms with Gasteiger partial charge in [-0.3, -0.25) is 14.6 Å². The van der Waals surface area contributed by atoms with Crippen molar-refractivity contribution in [1.29, 1.82) is 0 Å². The molecule has 9 heteroatoms. The van der Waals surface area contributed by atoms with Crippen LogP contribution in [0.25, 0.3) is 10.9 Å². The molecule has 32 heavy (non-hydrogen) atoms. The highest BCUT2D eigenvalue weighted by Gasteiger charge is 2.29. The van der Waals surface area contributed by atoms with Crippen molar-refractivity contribution in [1.82, 2.24) is 14.8 Å². The molecule has 1 aromatic carbocycles. The molecule has 2 aliphatic heterocycles. The molecule has 0 aliphatic carbocycles. The van der Waals surface area contributed by atoms with Crippen molar-refractivity contribution < 1.29 is 18.7 Å². The van der Waals surface area contributed by atoms with Gasteiger partial charge in [0.05, 0.1) is 36.2 Å². The van der Waals surface area contributed by atoms with Crippen molar-refractivity contribution in [2.75, 3.05) is 57.4 Å². The first-order valence-electron chi connectivity index (χ1n) is 10.6. The van der Waals surface area contributed by atoms with Gasteiger partial charge in [-0.05, 0) is 30.3 Å². The lowest BCUT2D eigenvalue weighted by Crippen LogP contribution is -2.49. The largest absolute Gasteiger partial charge is 0.459 e. The van der Waals surface area contributed by atoms with Gasteiger partial charge in [0.1, 0.15) is 0 Å². The second kappa shape index (κ2) is 8.80. The van der Waals surface area contributed by atoms with Gasteiger partial charge >= 0.3 is 0 Å². The number of aromatic nitrogens is 1. The molecule has 166 valence electrons. The van der Waals surface area contributed by atoms with Gasteiger partial charge in [-0.1, -0.05) is 11.6 Å². The molecule has 2 aromatic heterocycles. The van der Waals surface area contributed by atoms with E-state index in [-0.39, 0.29) is 11.8 Å². The Morgan fingerprint density at radius 2 is 1.69 bits per heavy atom. The van der Waals surface area contributed by atoms with Crippen LogP contribution in [-0.2, 0) is 4.74 Å². The first-order valence-corrected chi connectivity index (χ1v) is 11.0. The Morgan fingerprint density at radius 3 is 2.41 bits per heavy atom. The third-order valence-corrected chi connectivity index (χ3v) is 6.18. The Hall–Kier alpha value is -3.10. The van der Waals surface area contributed by atoms with Crippen LogP contribution in [0.1, 0.15) is 20.9 Å². The van der Waals surface area contributed by atoms with Gasteiger partial charge in [0.25, 0.3) is 11.8 Å². The fourth-order valence-electron chi connectivity index (χ4n) is 4.27. The van der Waals surface area contributed by atoms with Crippen LogP contribution in [0.15, 0.2) is 47.2 Å². The van der Waals surface area contributed by atoms with E-state index in [4.69, 9.17) is 20.8 Å². The summed E-state index contributed by atoms with van der Waals surface area (Å²) in [7, 11) is 0. The van der Waals surface area contributed by atoms with E-state index in [9.17, 15) is 9.59 Å². The summed E-state index contributed by atoms with van der Waals surface area (Å²) in [5.41, 5.74) is 2.14. The molecule has 2 amide bonds. The quantitative estimate of drug-likeness (QED) is 0.605. The van der Waals surface area contributed by atoms with Gasteiger partial charge < -0.3 is 23.9 Å². The maximum atomic E-state index is 13.4. The number of fused-ring (bicyclic) bond motifs is 1. The molecular formula is C23H23ClN4O4. The molecule has 8 nitrogen and oxygen atoms in total. The molecule has 3 aromatic rings. The van der Waals surface area contributed by atoms with Gasteiger partial charge in [-0.25, -0.2) is 0 Å². The van der Waals surface area contributed by atoms with Gasteiger partial charge in [0, 0.05) is 55.9 Å². The number of carbonyl (C=O) groups excluding carboxylic acids is 2. The second-order valence-electron chi connectivity index (χ2n) is 7.84. The summed E-state index contributed by atoms with van der Waals surface area (Å²) in [6.07, 6.45) is 3.16. The number of hydrogen-bond donors (Lipinski definition) is 0. The standard InChI is InChI=1S/C23H23ClN4O4/c24-16-3-4-19-17(14-16)21(18(15-25-19)22(29)28-9-12-31-13-10-28)26-5-7-27(8-6-26)23(30)20-2-1-11-32-20/h1-4,11,14-15H,5-10,12-13H2. The lowest BCUT2D eigenvalue weighted by atomic mass is 10.1. The molecule has 0 atom stereocenters. The molecule has 0 radical (unpaired) electrons. The number of pyridine rings is 1. The third-order valence-electron chi connectivity index (χ3n) is 5.95. The highest BCUT2D eigenvalue weighted by molar-refractivity contribution is 6.31. The van der Waals surface area contributed by atoms with E-state index in [2.05, 4.69) is 9.88 Å². The monoisotopic (exact) mass is 454 g/mol. The second-order valence-corrected chi connectivity index (χ2v) is 8.28. The number of carbonyl (C=O) groups is 2. The van der Waals surface area contributed by atoms with Gasteiger partial charge in [0.2, 0.25) is 0 Å². The van der Waals surface area contributed by atoms with Gasteiger partial charge in [0.15, 0.2) is 5.76 Å². The fourth-order valence-corrected chi connectivity index (χ4v) is 4.45. The summed E-state index contributed by atoms with van der Waals surface area (Å²) in [4.78, 5) is 36.3. The van der Waals surface area contributed by atoms with Crippen LogP contribution in [0.4, 0.5) is 5.69 Å². The normalized spacial score (nSPS) is 17.1. The molecule has 0 N–H and O–H groups in total. The maximum Gasteiger partial charge on any atom is 0.289 e. The maximum absolute atomic E-state index is 13.4. The Morgan fingerprint density at radius 1 is 0.938 bits per heavy atom. The van der Waals surface area contributed by atoms with Crippen molar-refractivity contribution >= 4 is 40.0 Å². The average Bonchev–Trinajstić information content (AvgIpc) is 3.38. The topological polar surface area (TPSA) is 79.1 Å². The van der Waals surface area contributed by atoms with Crippen LogP contribution in [0, 0.1) is 0 Å². The van der Waals surface area contributed by atoms with E-state index in [0.717, 1.165) is 16.6 Å². The first-order chi connectivity index (χ1) is 15.6. The van der Waals surface area contributed by atoms with Crippen molar-refractivity contribution in [2.45, 2.75) is 0 Å². The minimum Gasteiger partial charge on any atom is -0.459 e. The summed E-state index contributed by atoms with van der Waals surface area (Å²) >= 11 is 6.31. The SMILES string of the molecule is O=C(c1ccco1)N1CCN(c2c(C(=O)N3CCOCC3)cnc3ccc(Cl)cc23)CC1. The van der Waals surface area contributed by atoms with Crippen LogP contribution in [-0.4, -0.2) is 79.1 Å². The predicted octanol–water partition coefficient (Wildman–Crippen LogP) is 2.92. The molecule has 2 aliphatic rings. The first kappa shape index (κ1) is 20.8. The van der Waals surface area contributed by atoms with E-state index >= 15 is 0 Å². The molecule has 0 bridgehead atoms. The smallest absolute Gasteiger partial charge is 0.289 e.